The number of non-ortho nitro benzene ring substituents is 1. The molecule has 7 nitrogen and oxygen atoms in total. The molecule has 0 atom stereocenters. The molecule has 0 spiro atoms. The van der Waals surface area contributed by atoms with E-state index in [1.54, 1.807) is 12.1 Å². The Balaban J connectivity index is 1.79. The summed E-state index contributed by atoms with van der Waals surface area (Å²) in [6.45, 7) is 2.88. The summed E-state index contributed by atoms with van der Waals surface area (Å²) >= 11 is 5.14. The Kier molecular flexibility index (Phi) is 9.04. The van der Waals surface area contributed by atoms with Crippen LogP contribution in [0.1, 0.15) is 49.4 Å². The molecule has 0 saturated carbocycles. The largest absolute Gasteiger partial charge is 0.494 e. The molecular formula is C21H25N3O4S. The van der Waals surface area contributed by atoms with E-state index < -0.39 is 10.8 Å². The van der Waals surface area contributed by atoms with Crippen LogP contribution in [0.5, 0.6) is 5.75 Å². The van der Waals surface area contributed by atoms with E-state index in [0.717, 1.165) is 12.2 Å². The van der Waals surface area contributed by atoms with Crippen LogP contribution in [0.25, 0.3) is 0 Å². The monoisotopic (exact) mass is 415 g/mol. The van der Waals surface area contributed by atoms with Gasteiger partial charge in [-0.2, -0.15) is 0 Å². The van der Waals surface area contributed by atoms with Crippen molar-refractivity contribution in [2.24, 2.45) is 0 Å². The molecule has 154 valence electrons. The van der Waals surface area contributed by atoms with Crippen molar-refractivity contribution >= 4 is 34.6 Å². The molecule has 0 fully saturated rings. The smallest absolute Gasteiger partial charge is 0.270 e. The van der Waals surface area contributed by atoms with Gasteiger partial charge in [-0.05, 0) is 49.0 Å². The number of hydrogen-bond donors (Lipinski definition) is 2. The van der Waals surface area contributed by atoms with Gasteiger partial charge in [-0.25, -0.2) is 0 Å². The number of benzene rings is 2. The van der Waals surface area contributed by atoms with Gasteiger partial charge >= 0.3 is 0 Å². The van der Waals surface area contributed by atoms with E-state index in [9.17, 15) is 14.9 Å². The number of unbranched alkanes of at least 4 members (excludes halogenated alkanes) is 4. The van der Waals surface area contributed by atoms with Crippen molar-refractivity contribution in [1.82, 2.24) is 5.32 Å². The summed E-state index contributed by atoms with van der Waals surface area (Å²) in [5.41, 5.74) is 0.702. The Morgan fingerprint density at radius 2 is 1.83 bits per heavy atom. The summed E-state index contributed by atoms with van der Waals surface area (Å²) in [6.07, 6.45) is 5.93. The number of ether oxygens (including phenoxy) is 1. The minimum Gasteiger partial charge on any atom is -0.494 e. The lowest BCUT2D eigenvalue weighted by molar-refractivity contribution is -0.384. The fourth-order valence-corrected chi connectivity index (χ4v) is 2.84. The molecule has 0 radical (unpaired) electrons. The van der Waals surface area contributed by atoms with Crippen LogP contribution in [0, 0.1) is 10.1 Å². The number of nitro groups is 1. The summed E-state index contributed by atoms with van der Waals surface area (Å²) in [5.74, 6) is 0.256. The number of hydrogen-bond acceptors (Lipinski definition) is 5. The fraction of sp³-hybridized carbons (Fsp3) is 0.333. The van der Waals surface area contributed by atoms with E-state index in [0.29, 0.717) is 12.3 Å². The predicted octanol–water partition coefficient (Wildman–Crippen LogP) is 5.07. The van der Waals surface area contributed by atoms with Gasteiger partial charge in [-0.3, -0.25) is 20.2 Å². The van der Waals surface area contributed by atoms with E-state index in [1.807, 2.05) is 12.1 Å². The van der Waals surface area contributed by atoms with E-state index in [4.69, 9.17) is 17.0 Å². The van der Waals surface area contributed by atoms with E-state index in [1.165, 1.54) is 49.9 Å². The Hall–Kier alpha value is -3.00. The third kappa shape index (κ3) is 7.87. The lowest BCUT2D eigenvalue weighted by Crippen LogP contribution is -2.34. The maximum atomic E-state index is 12.2. The molecular weight excluding hydrogens is 390 g/mol. The highest BCUT2D eigenvalue weighted by atomic mass is 32.1. The number of carbonyl (C=O) groups is 1. The topological polar surface area (TPSA) is 93.5 Å². The van der Waals surface area contributed by atoms with Crippen molar-refractivity contribution in [2.45, 2.75) is 39.0 Å². The zero-order valence-corrected chi connectivity index (χ0v) is 17.2. The Morgan fingerprint density at radius 1 is 1.10 bits per heavy atom. The first-order chi connectivity index (χ1) is 14.0. The first-order valence-corrected chi connectivity index (χ1v) is 10.00. The van der Waals surface area contributed by atoms with E-state index in [2.05, 4.69) is 17.6 Å². The number of nitrogens with zero attached hydrogens (tertiary/aromatic N) is 1. The molecule has 2 aromatic carbocycles. The van der Waals surface area contributed by atoms with Gasteiger partial charge in [0, 0.05) is 23.4 Å². The summed E-state index contributed by atoms with van der Waals surface area (Å²) in [7, 11) is 0. The molecule has 0 saturated heterocycles. The third-order valence-electron chi connectivity index (χ3n) is 4.18. The highest BCUT2D eigenvalue weighted by molar-refractivity contribution is 7.80. The predicted molar refractivity (Wildman–Crippen MR) is 117 cm³/mol. The average Bonchev–Trinajstić information content (AvgIpc) is 2.71. The zero-order chi connectivity index (χ0) is 21.1. The first-order valence-electron chi connectivity index (χ1n) is 9.59. The van der Waals surface area contributed by atoms with Crippen LogP contribution in [-0.4, -0.2) is 22.5 Å². The number of nitrogens with one attached hydrogen (secondary N) is 2. The van der Waals surface area contributed by atoms with Crippen LogP contribution in [0.3, 0.4) is 0 Å². The minimum absolute atomic E-state index is 0.103. The van der Waals surface area contributed by atoms with Gasteiger partial charge in [0.1, 0.15) is 5.75 Å². The second-order valence-corrected chi connectivity index (χ2v) is 6.91. The summed E-state index contributed by atoms with van der Waals surface area (Å²) in [6, 6.07) is 12.7. The summed E-state index contributed by atoms with van der Waals surface area (Å²) < 4.78 is 5.71. The van der Waals surface area contributed by atoms with Crippen molar-refractivity contribution < 1.29 is 14.5 Å². The van der Waals surface area contributed by atoms with Crippen LogP contribution < -0.4 is 15.4 Å². The Labute approximate surface area is 175 Å². The van der Waals surface area contributed by atoms with Crippen LogP contribution in [-0.2, 0) is 0 Å². The summed E-state index contributed by atoms with van der Waals surface area (Å²) in [5, 5.41) is 16.3. The van der Waals surface area contributed by atoms with Gasteiger partial charge < -0.3 is 10.1 Å². The maximum absolute atomic E-state index is 12.2. The normalized spacial score (nSPS) is 10.2. The van der Waals surface area contributed by atoms with Gasteiger partial charge in [-0.1, -0.05) is 38.7 Å². The maximum Gasteiger partial charge on any atom is 0.270 e. The van der Waals surface area contributed by atoms with Crippen molar-refractivity contribution in [1.29, 1.82) is 0 Å². The quantitative estimate of drug-likeness (QED) is 0.243. The molecule has 0 unspecified atom stereocenters. The Bertz CT molecular complexity index is 840. The lowest BCUT2D eigenvalue weighted by Gasteiger charge is -2.11. The van der Waals surface area contributed by atoms with Crippen molar-refractivity contribution in [3.8, 4) is 5.75 Å². The van der Waals surface area contributed by atoms with E-state index in [-0.39, 0.29) is 16.4 Å². The van der Waals surface area contributed by atoms with Crippen molar-refractivity contribution in [2.75, 3.05) is 11.9 Å². The molecule has 0 aromatic heterocycles. The molecule has 0 bridgehead atoms. The molecule has 8 heteroatoms. The molecule has 2 N–H and O–H groups in total. The number of rotatable bonds is 10. The second-order valence-electron chi connectivity index (χ2n) is 6.50. The Morgan fingerprint density at radius 3 is 2.52 bits per heavy atom. The highest BCUT2D eigenvalue weighted by Gasteiger charge is 2.12. The fourth-order valence-electron chi connectivity index (χ4n) is 2.63. The zero-order valence-electron chi connectivity index (χ0n) is 16.3. The number of carbonyl (C=O) groups excluding carboxylic acids is 1. The third-order valence-corrected chi connectivity index (χ3v) is 4.38. The molecule has 29 heavy (non-hydrogen) atoms. The van der Waals surface area contributed by atoms with E-state index >= 15 is 0 Å². The van der Waals surface area contributed by atoms with Crippen molar-refractivity contribution in [3.63, 3.8) is 0 Å². The number of nitro benzene ring substituents is 1. The number of anilines is 1. The minimum atomic E-state index is -0.553. The molecule has 0 aliphatic rings. The van der Waals surface area contributed by atoms with Gasteiger partial charge in [0.05, 0.1) is 11.5 Å². The van der Waals surface area contributed by atoms with Crippen LogP contribution >= 0.6 is 12.2 Å². The standard InChI is InChI=1S/C21H25N3O4S/c1-2-3-4-5-6-14-28-19-12-10-17(11-13-19)22-21(29)23-20(25)16-8-7-9-18(15-16)24(26)27/h7-13,15H,2-6,14H2,1H3,(H2,22,23,25,29). The van der Waals surface area contributed by atoms with Crippen LogP contribution in [0.2, 0.25) is 0 Å². The van der Waals surface area contributed by atoms with Crippen LogP contribution in [0.4, 0.5) is 11.4 Å². The molecule has 0 heterocycles. The SMILES string of the molecule is CCCCCCCOc1ccc(NC(=S)NC(=O)c2cccc([N+](=O)[O-])c2)cc1. The van der Waals surface area contributed by atoms with Crippen molar-refractivity contribution in [3.05, 3.63) is 64.2 Å². The first kappa shape index (κ1) is 22.3. The molecule has 0 aliphatic heterocycles. The molecule has 0 aliphatic carbocycles. The van der Waals surface area contributed by atoms with Gasteiger partial charge in [-0.15, -0.1) is 0 Å². The lowest BCUT2D eigenvalue weighted by atomic mass is 10.2. The summed E-state index contributed by atoms with van der Waals surface area (Å²) in [4.78, 5) is 22.5. The highest BCUT2D eigenvalue weighted by Crippen LogP contribution is 2.17. The number of thiocarbonyl (C=S) groups is 1. The van der Waals surface area contributed by atoms with Crippen LogP contribution in [0.15, 0.2) is 48.5 Å². The van der Waals surface area contributed by atoms with Gasteiger partial charge in [0.25, 0.3) is 11.6 Å². The molecule has 2 aromatic rings. The average molecular weight is 416 g/mol. The molecule has 1 amide bonds. The molecule has 2 rings (SSSR count). The van der Waals surface area contributed by atoms with Gasteiger partial charge in [0.15, 0.2) is 5.11 Å². The number of amides is 1. The van der Waals surface area contributed by atoms with Gasteiger partial charge in [0.2, 0.25) is 0 Å². The second kappa shape index (κ2) is 11.8.